The first-order valence-electron chi connectivity index (χ1n) is 33.1. The highest BCUT2D eigenvalue weighted by atomic mass is 31.2. The van der Waals surface area contributed by atoms with Gasteiger partial charge in [-0.15, -0.1) is 0 Å². The van der Waals surface area contributed by atoms with Crippen LogP contribution in [-0.4, -0.2) is 73.4 Å². The van der Waals surface area contributed by atoms with Gasteiger partial charge < -0.3 is 19.8 Å². The van der Waals surface area contributed by atoms with Crippen LogP contribution in [0.2, 0.25) is 0 Å². The number of quaternary nitrogens is 1. The predicted molar refractivity (Wildman–Crippen MR) is 323 cm³/mol. The van der Waals surface area contributed by atoms with Gasteiger partial charge in [0.15, 0.2) is 0 Å². The summed E-state index contributed by atoms with van der Waals surface area (Å²) < 4.78 is 23.8. The Morgan fingerprint density at radius 3 is 1.00 bits per heavy atom. The lowest BCUT2D eigenvalue weighted by Crippen LogP contribution is -2.45. The maximum Gasteiger partial charge on any atom is 0.472 e. The molecule has 0 heterocycles. The van der Waals surface area contributed by atoms with E-state index >= 15 is 0 Å². The molecular weight excluding hydrogens is 936 g/mol. The Morgan fingerprint density at radius 2 is 0.716 bits per heavy atom. The topological polar surface area (TPSA) is 105 Å². The van der Waals surface area contributed by atoms with Crippen molar-refractivity contribution in [2.75, 3.05) is 40.9 Å². The van der Waals surface area contributed by atoms with Crippen LogP contribution in [0.5, 0.6) is 0 Å². The van der Waals surface area contributed by atoms with E-state index in [9.17, 15) is 19.4 Å². The molecule has 0 bridgehead atoms. The van der Waals surface area contributed by atoms with Crippen LogP contribution in [0.15, 0.2) is 12.2 Å². The van der Waals surface area contributed by atoms with Gasteiger partial charge in [0.2, 0.25) is 5.91 Å². The van der Waals surface area contributed by atoms with Crippen molar-refractivity contribution in [2.24, 2.45) is 0 Å². The van der Waals surface area contributed by atoms with Crippen molar-refractivity contribution in [3.63, 3.8) is 0 Å². The number of aliphatic hydroxyl groups is 1. The lowest BCUT2D eigenvalue weighted by molar-refractivity contribution is -0.870. The lowest BCUT2D eigenvalue weighted by Gasteiger charge is -2.25. The van der Waals surface area contributed by atoms with Gasteiger partial charge in [-0.3, -0.25) is 13.8 Å². The van der Waals surface area contributed by atoms with Crippen LogP contribution in [0.4, 0.5) is 0 Å². The molecule has 0 aromatic heterocycles. The third-order valence-electron chi connectivity index (χ3n) is 15.5. The van der Waals surface area contributed by atoms with Gasteiger partial charge in [0.1, 0.15) is 13.2 Å². The zero-order valence-corrected chi connectivity index (χ0v) is 51.5. The van der Waals surface area contributed by atoms with Crippen LogP contribution in [0.1, 0.15) is 348 Å². The Labute approximate surface area is 462 Å². The SMILES string of the molecule is CCCCCCCCCCCCCCCCC/C=C/C(O)C(COP(=O)(O)OCC[N+](C)(C)C)NC(=O)CCCCCCCCCCCCCCCCCCCCCCCCCCCCCCCCCCCCC. The summed E-state index contributed by atoms with van der Waals surface area (Å²) in [6.07, 6.45) is 72.1. The van der Waals surface area contributed by atoms with Gasteiger partial charge in [0, 0.05) is 6.42 Å². The Hall–Kier alpha value is -0.760. The first-order chi connectivity index (χ1) is 36.0. The van der Waals surface area contributed by atoms with Crippen molar-refractivity contribution in [3.8, 4) is 0 Å². The molecule has 0 rings (SSSR count). The molecule has 0 fully saturated rings. The van der Waals surface area contributed by atoms with Crippen molar-refractivity contribution in [2.45, 2.75) is 360 Å². The second kappa shape index (κ2) is 56.9. The van der Waals surface area contributed by atoms with Gasteiger partial charge in [0.25, 0.3) is 0 Å². The second-order valence-electron chi connectivity index (χ2n) is 24.2. The number of rotatable bonds is 62. The Kier molecular flexibility index (Phi) is 56.4. The molecule has 9 heteroatoms. The van der Waals surface area contributed by atoms with E-state index in [0.29, 0.717) is 17.4 Å². The highest BCUT2D eigenvalue weighted by Crippen LogP contribution is 2.43. The number of phosphoric ester groups is 1. The van der Waals surface area contributed by atoms with E-state index in [1.807, 2.05) is 27.2 Å². The molecule has 3 unspecified atom stereocenters. The second-order valence-corrected chi connectivity index (χ2v) is 25.7. The summed E-state index contributed by atoms with van der Waals surface area (Å²) in [5.41, 5.74) is 0. The predicted octanol–water partition coefficient (Wildman–Crippen LogP) is 20.6. The summed E-state index contributed by atoms with van der Waals surface area (Å²) in [7, 11) is 1.59. The van der Waals surface area contributed by atoms with Crippen molar-refractivity contribution in [1.82, 2.24) is 5.32 Å². The van der Waals surface area contributed by atoms with Gasteiger partial charge in [-0.05, 0) is 19.3 Å². The fourth-order valence-corrected chi connectivity index (χ4v) is 11.1. The zero-order valence-electron chi connectivity index (χ0n) is 50.6. The van der Waals surface area contributed by atoms with Crippen LogP contribution in [0, 0.1) is 0 Å². The van der Waals surface area contributed by atoms with Crippen molar-refractivity contribution < 1.29 is 32.9 Å². The van der Waals surface area contributed by atoms with Crippen LogP contribution in [-0.2, 0) is 18.4 Å². The highest BCUT2D eigenvalue weighted by Gasteiger charge is 2.28. The van der Waals surface area contributed by atoms with E-state index in [1.165, 1.54) is 295 Å². The average molecular weight is 1070 g/mol. The molecule has 0 aromatic rings. The summed E-state index contributed by atoms with van der Waals surface area (Å²) >= 11 is 0. The Bertz CT molecular complexity index is 1210. The lowest BCUT2D eigenvalue weighted by atomic mass is 10.0. The minimum absolute atomic E-state index is 0.0652. The van der Waals surface area contributed by atoms with E-state index in [-0.39, 0.29) is 19.1 Å². The molecule has 0 spiro atoms. The number of hydrogen-bond donors (Lipinski definition) is 3. The van der Waals surface area contributed by atoms with E-state index < -0.39 is 20.0 Å². The molecule has 8 nitrogen and oxygen atoms in total. The third-order valence-corrected chi connectivity index (χ3v) is 16.5. The van der Waals surface area contributed by atoms with Crippen LogP contribution < -0.4 is 5.32 Å². The number of phosphoric acid groups is 1. The molecule has 0 radical (unpaired) electrons. The third kappa shape index (κ3) is 58.9. The highest BCUT2D eigenvalue weighted by molar-refractivity contribution is 7.47. The quantitative estimate of drug-likeness (QED) is 0.0243. The van der Waals surface area contributed by atoms with Crippen LogP contribution >= 0.6 is 7.82 Å². The van der Waals surface area contributed by atoms with E-state index in [2.05, 4.69) is 19.2 Å². The molecule has 0 aromatic carbocycles. The molecule has 74 heavy (non-hydrogen) atoms. The first-order valence-corrected chi connectivity index (χ1v) is 34.6. The normalized spacial score (nSPS) is 13.8. The first kappa shape index (κ1) is 73.2. The van der Waals surface area contributed by atoms with Crippen LogP contribution in [0.25, 0.3) is 0 Å². The maximum atomic E-state index is 13.0. The molecule has 1 amide bonds. The number of unbranched alkanes of at least 4 members (excludes halogenated alkanes) is 49. The molecule has 0 aliphatic carbocycles. The van der Waals surface area contributed by atoms with Crippen LogP contribution in [0.3, 0.4) is 0 Å². The summed E-state index contributed by atoms with van der Waals surface area (Å²) in [4.78, 5) is 23.3. The maximum absolute atomic E-state index is 13.0. The molecule has 0 saturated carbocycles. The van der Waals surface area contributed by atoms with Gasteiger partial charge in [0.05, 0.1) is 39.9 Å². The number of aliphatic hydroxyl groups excluding tert-OH is 1. The number of likely N-dealkylation sites (N-methyl/N-ethyl adjacent to an activating group) is 1. The number of nitrogens with zero attached hydrogens (tertiary/aromatic N) is 1. The number of carbonyl (C=O) groups excluding carboxylic acids is 1. The Morgan fingerprint density at radius 1 is 0.446 bits per heavy atom. The number of hydrogen-bond acceptors (Lipinski definition) is 5. The summed E-state index contributed by atoms with van der Waals surface area (Å²) in [6.45, 7) is 4.87. The number of nitrogens with one attached hydrogen (secondary N) is 1. The smallest absolute Gasteiger partial charge is 0.387 e. The Balaban J connectivity index is 3.94. The van der Waals surface area contributed by atoms with Crippen molar-refractivity contribution >= 4 is 13.7 Å². The van der Waals surface area contributed by atoms with Gasteiger partial charge in [-0.25, -0.2) is 4.57 Å². The molecule has 0 saturated heterocycles. The molecular formula is C65H132N2O6P+. The molecule has 0 aliphatic heterocycles. The summed E-state index contributed by atoms with van der Waals surface area (Å²) in [5.74, 6) is -0.168. The summed E-state index contributed by atoms with van der Waals surface area (Å²) in [5, 5.41) is 14.0. The fraction of sp³-hybridized carbons (Fsp3) is 0.954. The van der Waals surface area contributed by atoms with Crippen molar-refractivity contribution in [3.05, 3.63) is 12.2 Å². The summed E-state index contributed by atoms with van der Waals surface area (Å²) in [6, 6.07) is -0.842. The molecule has 0 aliphatic rings. The van der Waals surface area contributed by atoms with E-state index in [0.717, 1.165) is 32.1 Å². The van der Waals surface area contributed by atoms with E-state index in [1.54, 1.807) is 6.08 Å². The molecule has 3 atom stereocenters. The number of allylic oxidation sites excluding steroid dienone is 1. The molecule has 442 valence electrons. The average Bonchev–Trinajstić information content (AvgIpc) is 3.36. The van der Waals surface area contributed by atoms with Crippen molar-refractivity contribution in [1.29, 1.82) is 0 Å². The minimum Gasteiger partial charge on any atom is -0.387 e. The van der Waals surface area contributed by atoms with Gasteiger partial charge >= 0.3 is 7.82 Å². The standard InChI is InChI=1S/C65H131N2O6P/c1-6-8-10-12-14-16-18-20-22-24-25-26-27-28-29-30-31-32-33-34-35-36-37-38-39-40-41-43-45-47-49-51-53-55-57-59-65(69)66-63(62-73-74(70,71)72-61-60-67(3,4)5)64(68)58-56-54-52-50-48-46-44-42-23-21-19-17-15-13-11-9-7-2/h56,58,63-64,68H,6-55,57,59-62H2,1-5H3,(H-,66,69,70,71)/p+1/b58-56+. The number of amides is 1. The number of carbonyl (C=O) groups is 1. The monoisotopic (exact) mass is 1070 g/mol. The fourth-order valence-electron chi connectivity index (χ4n) is 10.3. The largest absolute Gasteiger partial charge is 0.472 e. The van der Waals surface area contributed by atoms with Gasteiger partial charge in [-0.2, -0.15) is 0 Å². The minimum atomic E-state index is -4.34. The van der Waals surface area contributed by atoms with Gasteiger partial charge in [-0.1, -0.05) is 334 Å². The van der Waals surface area contributed by atoms with E-state index in [4.69, 9.17) is 9.05 Å². The molecule has 3 N–H and O–H groups in total. The zero-order chi connectivity index (χ0) is 54.2.